The SMILES string of the molecule is COC[C@@H]1CC2(CCN(C(=O)c3cccs3)CC2)CN1C(C)C. The molecule has 1 aromatic rings. The number of ether oxygens (including phenoxy) is 1. The lowest BCUT2D eigenvalue weighted by molar-refractivity contribution is 0.0586. The molecule has 2 saturated heterocycles. The van der Waals surface area contributed by atoms with Crippen LogP contribution in [0.4, 0.5) is 0 Å². The van der Waals surface area contributed by atoms with Gasteiger partial charge >= 0.3 is 0 Å². The van der Waals surface area contributed by atoms with Crippen LogP contribution < -0.4 is 0 Å². The largest absolute Gasteiger partial charge is 0.383 e. The Bertz CT molecular complexity index is 521. The molecular formula is C18H28N2O2S. The van der Waals surface area contributed by atoms with Crippen molar-refractivity contribution in [2.24, 2.45) is 5.41 Å². The summed E-state index contributed by atoms with van der Waals surface area (Å²) in [6, 6.07) is 4.97. The smallest absolute Gasteiger partial charge is 0.263 e. The van der Waals surface area contributed by atoms with Crippen molar-refractivity contribution in [3.05, 3.63) is 22.4 Å². The van der Waals surface area contributed by atoms with E-state index in [0.717, 1.165) is 44.0 Å². The van der Waals surface area contributed by atoms with E-state index in [1.807, 2.05) is 22.4 Å². The highest BCUT2D eigenvalue weighted by molar-refractivity contribution is 7.12. The number of thiophene rings is 1. The summed E-state index contributed by atoms with van der Waals surface area (Å²) in [4.78, 5) is 18.0. The van der Waals surface area contributed by atoms with Gasteiger partial charge in [0.25, 0.3) is 5.91 Å². The number of methoxy groups -OCH3 is 1. The Balaban J connectivity index is 1.63. The van der Waals surface area contributed by atoms with Crippen LogP contribution in [0.3, 0.4) is 0 Å². The van der Waals surface area contributed by atoms with Gasteiger partial charge in [0, 0.05) is 38.8 Å². The van der Waals surface area contributed by atoms with Crippen molar-refractivity contribution < 1.29 is 9.53 Å². The minimum Gasteiger partial charge on any atom is -0.383 e. The van der Waals surface area contributed by atoms with Gasteiger partial charge in [-0.1, -0.05) is 6.07 Å². The monoisotopic (exact) mass is 336 g/mol. The first-order chi connectivity index (χ1) is 11.0. The van der Waals surface area contributed by atoms with Gasteiger partial charge in [0.2, 0.25) is 0 Å². The van der Waals surface area contributed by atoms with Crippen LogP contribution in [0.5, 0.6) is 0 Å². The van der Waals surface area contributed by atoms with E-state index in [9.17, 15) is 4.79 Å². The van der Waals surface area contributed by atoms with Gasteiger partial charge in [-0.3, -0.25) is 9.69 Å². The van der Waals surface area contributed by atoms with Gasteiger partial charge in [0.05, 0.1) is 11.5 Å². The van der Waals surface area contributed by atoms with E-state index in [4.69, 9.17) is 4.74 Å². The summed E-state index contributed by atoms with van der Waals surface area (Å²) in [5, 5.41) is 1.98. The lowest BCUT2D eigenvalue weighted by Gasteiger charge is -2.39. The molecule has 3 rings (SSSR count). The van der Waals surface area contributed by atoms with E-state index in [0.29, 0.717) is 17.5 Å². The molecule has 3 heterocycles. The molecule has 23 heavy (non-hydrogen) atoms. The van der Waals surface area contributed by atoms with E-state index >= 15 is 0 Å². The summed E-state index contributed by atoms with van der Waals surface area (Å²) < 4.78 is 5.44. The number of carbonyl (C=O) groups excluding carboxylic acids is 1. The maximum absolute atomic E-state index is 12.5. The van der Waals surface area contributed by atoms with Crippen LogP contribution in [-0.4, -0.2) is 61.1 Å². The maximum Gasteiger partial charge on any atom is 0.263 e. The number of carbonyl (C=O) groups is 1. The Morgan fingerprint density at radius 3 is 2.74 bits per heavy atom. The summed E-state index contributed by atoms with van der Waals surface area (Å²) >= 11 is 1.54. The molecule has 1 amide bonds. The lowest BCUT2D eigenvalue weighted by Crippen LogP contribution is -2.44. The summed E-state index contributed by atoms with van der Waals surface area (Å²) in [5.74, 6) is 0.210. The van der Waals surface area contributed by atoms with Gasteiger partial charge in [-0.2, -0.15) is 0 Å². The molecule has 0 saturated carbocycles. The highest BCUT2D eigenvalue weighted by Crippen LogP contribution is 2.44. The lowest BCUT2D eigenvalue weighted by atomic mass is 9.76. The van der Waals surface area contributed by atoms with Crippen LogP contribution in [0.15, 0.2) is 17.5 Å². The maximum atomic E-state index is 12.5. The van der Waals surface area contributed by atoms with Crippen LogP contribution in [-0.2, 0) is 4.74 Å². The van der Waals surface area contributed by atoms with Crippen molar-refractivity contribution in [2.75, 3.05) is 33.4 Å². The van der Waals surface area contributed by atoms with Gasteiger partial charge in [-0.05, 0) is 50.0 Å². The number of amides is 1. The number of piperidine rings is 1. The third kappa shape index (κ3) is 3.47. The van der Waals surface area contributed by atoms with Gasteiger partial charge < -0.3 is 9.64 Å². The fraction of sp³-hybridized carbons (Fsp3) is 0.722. The Labute approximate surface area is 143 Å². The van der Waals surface area contributed by atoms with Crippen LogP contribution in [0.25, 0.3) is 0 Å². The van der Waals surface area contributed by atoms with E-state index in [1.165, 1.54) is 6.42 Å². The van der Waals surface area contributed by atoms with E-state index in [2.05, 4.69) is 18.7 Å². The molecule has 0 radical (unpaired) electrons. The van der Waals surface area contributed by atoms with Crippen LogP contribution >= 0.6 is 11.3 Å². The predicted octanol–water partition coefficient (Wildman–Crippen LogP) is 3.10. The van der Waals surface area contributed by atoms with Crippen LogP contribution in [0.1, 0.15) is 42.8 Å². The number of likely N-dealkylation sites (tertiary alicyclic amines) is 2. The van der Waals surface area contributed by atoms with Crippen LogP contribution in [0.2, 0.25) is 0 Å². The topological polar surface area (TPSA) is 32.8 Å². The fourth-order valence-corrected chi connectivity index (χ4v) is 4.94. The number of nitrogens with zero attached hydrogens (tertiary/aromatic N) is 2. The zero-order chi connectivity index (χ0) is 16.4. The van der Waals surface area contributed by atoms with Crippen molar-refractivity contribution in [1.82, 2.24) is 9.80 Å². The van der Waals surface area contributed by atoms with Crippen molar-refractivity contribution in [3.8, 4) is 0 Å². The van der Waals surface area contributed by atoms with E-state index < -0.39 is 0 Å². The molecule has 0 aliphatic carbocycles. The molecule has 0 N–H and O–H groups in total. The highest BCUT2D eigenvalue weighted by atomic mass is 32.1. The first kappa shape index (κ1) is 16.9. The van der Waals surface area contributed by atoms with E-state index in [1.54, 1.807) is 18.4 Å². The molecular weight excluding hydrogens is 308 g/mol. The Kier molecular flexibility index (Phi) is 5.09. The molecule has 1 aromatic heterocycles. The normalized spacial score (nSPS) is 24.7. The zero-order valence-electron chi connectivity index (χ0n) is 14.5. The quantitative estimate of drug-likeness (QED) is 0.847. The first-order valence-electron chi connectivity index (χ1n) is 8.62. The molecule has 4 nitrogen and oxygen atoms in total. The average Bonchev–Trinajstić information content (AvgIpc) is 3.17. The Hall–Kier alpha value is -0.910. The summed E-state index contributed by atoms with van der Waals surface area (Å²) in [6.45, 7) is 8.30. The minimum atomic E-state index is 0.210. The van der Waals surface area contributed by atoms with Crippen molar-refractivity contribution in [3.63, 3.8) is 0 Å². The zero-order valence-corrected chi connectivity index (χ0v) is 15.3. The molecule has 5 heteroatoms. The number of rotatable bonds is 4. The van der Waals surface area contributed by atoms with Crippen LogP contribution in [0, 0.1) is 5.41 Å². The molecule has 0 unspecified atom stereocenters. The molecule has 0 bridgehead atoms. The minimum absolute atomic E-state index is 0.210. The summed E-state index contributed by atoms with van der Waals surface area (Å²) in [7, 11) is 1.80. The van der Waals surface area contributed by atoms with Gasteiger partial charge in [0.15, 0.2) is 0 Å². The van der Waals surface area contributed by atoms with E-state index in [-0.39, 0.29) is 5.91 Å². The average molecular weight is 337 g/mol. The summed E-state index contributed by atoms with van der Waals surface area (Å²) in [6.07, 6.45) is 3.45. The Morgan fingerprint density at radius 1 is 1.43 bits per heavy atom. The van der Waals surface area contributed by atoms with Crippen molar-refractivity contribution >= 4 is 17.2 Å². The standard InChI is InChI=1S/C18H28N2O2S/c1-14(2)20-13-18(11-15(20)12-22-3)6-8-19(9-7-18)17(21)16-5-4-10-23-16/h4-5,10,14-15H,6-9,11-13H2,1-3H3/t15-/m0/s1. The fourth-order valence-electron chi connectivity index (χ4n) is 4.25. The molecule has 2 fully saturated rings. The Morgan fingerprint density at radius 2 is 2.17 bits per heavy atom. The van der Waals surface area contributed by atoms with Gasteiger partial charge in [-0.25, -0.2) is 0 Å². The third-order valence-corrected chi connectivity index (χ3v) is 6.38. The van der Waals surface area contributed by atoms with Gasteiger partial charge in [0.1, 0.15) is 0 Å². The van der Waals surface area contributed by atoms with Gasteiger partial charge in [-0.15, -0.1) is 11.3 Å². The second-order valence-electron chi connectivity index (χ2n) is 7.35. The molecule has 1 atom stereocenters. The molecule has 2 aliphatic heterocycles. The van der Waals surface area contributed by atoms with Crippen molar-refractivity contribution in [1.29, 1.82) is 0 Å². The van der Waals surface area contributed by atoms with Crippen molar-refractivity contribution in [2.45, 2.75) is 45.2 Å². The number of hydrogen-bond acceptors (Lipinski definition) is 4. The second-order valence-corrected chi connectivity index (χ2v) is 8.30. The second kappa shape index (κ2) is 6.91. The summed E-state index contributed by atoms with van der Waals surface area (Å²) in [5.41, 5.74) is 0.375. The molecule has 0 aromatic carbocycles. The molecule has 128 valence electrons. The predicted molar refractivity (Wildman–Crippen MR) is 94.0 cm³/mol. The number of hydrogen-bond donors (Lipinski definition) is 0. The molecule has 1 spiro atoms. The third-order valence-electron chi connectivity index (χ3n) is 5.52. The highest BCUT2D eigenvalue weighted by Gasteiger charge is 2.46. The first-order valence-corrected chi connectivity index (χ1v) is 9.50. The molecule has 2 aliphatic rings.